The maximum absolute atomic E-state index is 13.2. The lowest BCUT2D eigenvalue weighted by Gasteiger charge is -2.30. The fourth-order valence-electron chi connectivity index (χ4n) is 4.09. The van der Waals surface area contributed by atoms with Gasteiger partial charge in [0.1, 0.15) is 0 Å². The monoisotopic (exact) mass is 472 g/mol. The lowest BCUT2D eigenvalue weighted by atomic mass is 9.80. The second-order valence-electron chi connectivity index (χ2n) is 8.85. The molecule has 1 N–H and O–H groups in total. The molecule has 1 unspecified atom stereocenters. The molecule has 0 spiro atoms. The van der Waals surface area contributed by atoms with E-state index in [9.17, 15) is 19.7 Å². The summed E-state index contributed by atoms with van der Waals surface area (Å²) in [6.07, 6.45) is 5.99. The molecule has 0 bridgehead atoms. The van der Waals surface area contributed by atoms with Crippen molar-refractivity contribution in [3.63, 3.8) is 0 Å². The van der Waals surface area contributed by atoms with E-state index < -0.39 is 22.8 Å². The third-order valence-corrected chi connectivity index (χ3v) is 5.69. The molecule has 0 amide bonds. The first-order chi connectivity index (χ1) is 16.2. The maximum atomic E-state index is 13.2. The standard InChI is InChI=1S/C26H36N2O6/c1-6-7-8-9-10-11-15-33-25(29)22-18(4)27-19(5)23(26(30)34-17(2)3)24(22)20-13-12-14-21(16-20)28(31)32/h12-14,16-17,24,27H,6-11,15H2,1-5H3. The number of carbonyl (C=O) groups excluding carboxylic acids is 2. The van der Waals surface area contributed by atoms with Gasteiger partial charge in [0.05, 0.1) is 34.7 Å². The number of carbonyl (C=O) groups is 2. The number of esters is 2. The third-order valence-electron chi connectivity index (χ3n) is 5.69. The molecule has 8 nitrogen and oxygen atoms in total. The molecule has 0 radical (unpaired) electrons. The Morgan fingerprint density at radius 3 is 2.26 bits per heavy atom. The average molecular weight is 473 g/mol. The first kappa shape index (κ1) is 27.1. The SMILES string of the molecule is CCCCCCCCOC(=O)C1=C(C)NC(C)=C(C(=O)OC(C)C)C1c1cccc([N+](=O)[O-])c1. The second kappa shape index (κ2) is 12.9. The Kier molecular flexibility index (Phi) is 10.3. The summed E-state index contributed by atoms with van der Waals surface area (Å²) in [6.45, 7) is 9.38. The Hall–Kier alpha value is -3.16. The highest BCUT2D eigenvalue weighted by Gasteiger charge is 2.38. The van der Waals surface area contributed by atoms with Gasteiger partial charge in [0.25, 0.3) is 5.69 Å². The van der Waals surface area contributed by atoms with Gasteiger partial charge in [-0.05, 0) is 39.7 Å². The average Bonchev–Trinajstić information content (AvgIpc) is 2.77. The van der Waals surface area contributed by atoms with E-state index in [0.717, 1.165) is 19.3 Å². The number of nitrogens with one attached hydrogen (secondary N) is 1. The number of nitrogens with zero attached hydrogens (tertiary/aromatic N) is 1. The number of nitro groups is 1. The van der Waals surface area contributed by atoms with Gasteiger partial charge >= 0.3 is 11.9 Å². The van der Waals surface area contributed by atoms with Gasteiger partial charge in [-0.1, -0.05) is 51.2 Å². The number of hydrogen-bond donors (Lipinski definition) is 1. The van der Waals surface area contributed by atoms with Gasteiger partial charge in [0, 0.05) is 23.5 Å². The molecule has 186 valence electrons. The van der Waals surface area contributed by atoms with Crippen LogP contribution in [0.15, 0.2) is 46.8 Å². The molecule has 34 heavy (non-hydrogen) atoms. The maximum Gasteiger partial charge on any atom is 0.337 e. The van der Waals surface area contributed by atoms with Crippen LogP contribution in [0, 0.1) is 10.1 Å². The molecule has 8 heteroatoms. The van der Waals surface area contributed by atoms with Crippen molar-refractivity contribution in [2.45, 2.75) is 85.2 Å². The van der Waals surface area contributed by atoms with E-state index in [1.54, 1.807) is 39.8 Å². The molecule has 0 saturated carbocycles. The predicted molar refractivity (Wildman–Crippen MR) is 130 cm³/mol. The highest BCUT2D eigenvalue weighted by atomic mass is 16.6. The van der Waals surface area contributed by atoms with Crippen LogP contribution in [-0.2, 0) is 19.1 Å². The number of dihydropyridines is 1. The normalized spacial score (nSPS) is 15.9. The number of unbranched alkanes of at least 4 members (excludes halogenated alkanes) is 5. The number of ether oxygens (including phenoxy) is 2. The Balaban J connectivity index is 2.36. The predicted octanol–water partition coefficient (Wildman–Crippen LogP) is 5.68. The molecule has 1 aromatic carbocycles. The van der Waals surface area contributed by atoms with Crippen LogP contribution >= 0.6 is 0 Å². The molecular formula is C26H36N2O6. The third kappa shape index (κ3) is 7.17. The lowest BCUT2D eigenvalue weighted by Crippen LogP contribution is -2.33. The van der Waals surface area contributed by atoms with Gasteiger partial charge in [-0.25, -0.2) is 9.59 Å². The zero-order valence-corrected chi connectivity index (χ0v) is 20.8. The van der Waals surface area contributed by atoms with Crippen LogP contribution in [0.2, 0.25) is 0 Å². The van der Waals surface area contributed by atoms with Crippen molar-refractivity contribution in [1.29, 1.82) is 0 Å². The van der Waals surface area contributed by atoms with Crippen molar-refractivity contribution in [2.75, 3.05) is 6.61 Å². The zero-order chi connectivity index (χ0) is 25.3. The molecule has 0 aliphatic carbocycles. The van der Waals surface area contributed by atoms with Gasteiger partial charge in [0.15, 0.2) is 0 Å². The first-order valence-electron chi connectivity index (χ1n) is 12.0. The smallest absolute Gasteiger partial charge is 0.337 e. The molecule has 1 aliphatic heterocycles. The van der Waals surface area contributed by atoms with Crippen LogP contribution in [0.5, 0.6) is 0 Å². The van der Waals surface area contributed by atoms with Gasteiger partial charge in [-0.15, -0.1) is 0 Å². The van der Waals surface area contributed by atoms with Gasteiger partial charge in [-0.3, -0.25) is 10.1 Å². The summed E-state index contributed by atoms with van der Waals surface area (Å²) in [4.78, 5) is 37.2. The van der Waals surface area contributed by atoms with Crippen LogP contribution in [0.1, 0.15) is 84.6 Å². The summed E-state index contributed by atoms with van der Waals surface area (Å²) in [5.41, 5.74) is 1.91. The quantitative estimate of drug-likeness (QED) is 0.180. The number of non-ortho nitro benzene ring substituents is 1. The van der Waals surface area contributed by atoms with Crippen LogP contribution in [-0.4, -0.2) is 29.6 Å². The molecule has 2 rings (SSSR count). The zero-order valence-electron chi connectivity index (χ0n) is 20.8. The summed E-state index contributed by atoms with van der Waals surface area (Å²) >= 11 is 0. The highest BCUT2D eigenvalue weighted by molar-refractivity contribution is 6.00. The highest BCUT2D eigenvalue weighted by Crippen LogP contribution is 2.40. The summed E-state index contributed by atoms with van der Waals surface area (Å²) in [7, 11) is 0. The van der Waals surface area contributed by atoms with Gasteiger partial charge in [-0.2, -0.15) is 0 Å². The van der Waals surface area contributed by atoms with Crippen molar-refractivity contribution in [2.24, 2.45) is 0 Å². The van der Waals surface area contributed by atoms with E-state index >= 15 is 0 Å². The topological polar surface area (TPSA) is 108 Å². The summed E-state index contributed by atoms with van der Waals surface area (Å²) in [5.74, 6) is -1.97. The van der Waals surface area contributed by atoms with Crippen LogP contribution in [0.25, 0.3) is 0 Å². The molecule has 1 aliphatic rings. The minimum Gasteiger partial charge on any atom is -0.462 e. The molecule has 0 fully saturated rings. The lowest BCUT2D eigenvalue weighted by molar-refractivity contribution is -0.384. The van der Waals surface area contributed by atoms with Crippen molar-refractivity contribution in [3.8, 4) is 0 Å². The molecule has 1 atom stereocenters. The Morgan fingerprint density at radius 1 is 1.03 bits per heavy atom. The summed E-state index contributed by atoms with van der Waals surface area (Å²) in [6, 6.07) is 5.98. The van der Waals surface area contributed by atoms with Crippen LogP contribution in [0.3, 0.4) is 0 Å². The molecule has 0 aromatic heterocycles. The first-order valence-corrected chi connectivity index (χ1v) is 12.0. The van der Waals surface area contributed by atoms with Gasteiger partial charge in [0.2, 0.25) is 0 Å². The van der Waals surface area contributed by atoms with Crippen molar-refractivity contribution in [3.05, 3.63) is 62.5 Å². The minimum absolute atomic E-state index is 0.122. The second-order valence-corrected chi connectivity index (χ2v) is 8.85. The van der Waals surface area contributed by atoms with E-state index in [4.69, 9.17) is 9.47 Å². The Bertz CT molecular complexity index is 964. The van der Waals surface area contributed by atoms with Crippen molar-refractivity contribution < 1.29 is 24.0 Å². The number of nitro benzene ring substituents is 1. The van der Waals surface area contributed by atoms with Gasteiger partial charge < -0.3 is 14.8 Å². The molecule has 1 aromatic rings. The van der Waals surface area contributed by atoms with E-state index in [2.05, 4.69) is 12.2 Å². The van der Waals surface area contributed by atoms with E-state index in [1.807, 2.05) is 0 Å². The number of allylic oxidation sites excluding steroid dienone is 2. The molecule has 0 saturated heterocycles. The fraction of sp³-hybridized carbons (Fsp3) is 0.538. The van der Waals surface area contributed by atoms with E-state index in [-0.39, 0.29) is 29.5 Å². The Morgan fingerprint density at radius 2 is 1.65 bits per heavy atom. The molecule has 1 heterocycles. The number of benzene rings is 1. The number of rotatable bonds is 12. The summed E-state index contributed by atoms with van der Waals surface area (Å²) < 4.78 is 11.0. The largest absolute Gasteiger partial charge is 0.462 e. The van der Waals surface area contributed by atoms with Crippen LogP contribution in [0.4, 0.5) is 5.69 Å². The van der Waals surface area contributed by atoms with Crippen molar-refractivity contribution >= 4 is 17.6 Å². The molecular weight excluding hydrogens is 436 g/mol. The Labute approximate surface area is 201 Å². The van der Waals surface area contributed by atoms with E-state index in [1.165, 1.54) is 31.4 Å². The fourth-order valence-corrected chi connectivity index (χ4v) is 4.09. The van der Waals surface area contributed by atoms with Crippen LogP contribution < -0.4 is 5.32 Å². The van der Waals surface area contributed by atoms with E-state index in [0.29, 0.717) is 17.0 Å². The minimum atomic E-state index is -0.843. The summed E-state index contributed by atoms with van der Waals surface area (Å²) in [5, 5.41) is 14.5. The van der Waals surface area contributed by atoms with Crippen molar-refractivity contribution in [1.82, 2.24) is 5.32 Å². The number of hydrogen-bond acceptors (Lipinski definition) is 7.